The largest absolute Gasteiger partial charge is 0.493 e. The molecule has 0 aromatic heterocycles. The van der Waals surface area contributed by atoms with Crippen molar-refractivity contribution < 1.29 is 14.3 Å². The third kappa shape index (κ3) is 3.71. The Labute approximate surface area is 100 Å². The van der Waals surface area contributed by atoms with Crippen LogP contribution in [0.25, 0.3) is 0 Å². The van der Waals surface area contributed by atoms with Gasteiger partial charge in [-0.3, -0.25) is 0 Å². The van der Waals surface area contributed by atoms with Crippen molar-refractivity contribution in [3.05, 3.63) is 30.5 Å². The minimum atomic E-state index is -0.343. The normalized spacial score (nSPS) is 9.35. The Bertz CT molecular complexity index is 430. The number of hydrogen-bond acceptors (Lipinski definition) is 3. The van der Waals surface area contributed by atoms with Crippen LogP contribution < -0.4 is 20.1 Å². The van der Waals surface area contributed by atoms with Crippen LogP contribution in [0.1, 0.15) is 6.92 Å². The highest BCUT2D eigenvalue weighted by atomic mass is 16.5. The molecule has 0 fully saturated rings. The number of urea groups is 1. The fourth-order valence-corrected chi connectivity index (χ4v) is 1.27. The number of amides is 2. The van der Waals surface area contributed by atoms with Crippen molar-refractivity contribution in [2.45, 2.75) is 6.92 Å². The molecule has 0 unspecified atom stereocenters. The van der Waals surface area contributed by atoms with Gasteiger partial charge >= 0.3 is 6.03 Å². The summed E-state index contributed by atoms with van der Waals surface area (Å²) in [6, 6.07) is 4.77. The van der Waals surface area contributed by atoms with Gasteiger partial charge in [0, 0.05) is 17.5 Å². The molecule has 2 amide bonds. The summed E-state index contributed by atoms with van der Waals surface area (Å²) < 4.78 is 10.2. The lowest BCUT2D eigenvalue weighted by Gasteiger charge is -2.11. The Kier molecular flexibility index (Phi) is 4.39. The molecule has 1 rings (SSSR count). The minimum Gasteiger partial charge on any atom is -0.493 e. The molecule has 0 saturated carbocycles. The SMILES string of the molecule is C=C(C)NC(=O)Nc1ccc(OC)c(OC)c1. The first-order valence-corrected chi connectivity index (χ1v) is 5.02. The van der Waals surface area contributed by atoms with Gasteiger partial charge in [-0.25, -0.2) is 4.79 Å². The number of benzene rings is 1. The summed E-state index contributed by atoms with van der Waals surface area (Å²) in [6.45, 7) is 5.28. The number of carbonyl (C=O) groups is 1. The molecule has 0 heterocycles. The molecular formula is C12H16N2O3. The Hall–Kier alpha value is -2.17. The predicted octanol–water partition coefficient (Wildman–Crippen LogP) is 2.36. The monoisotopic (exact) mass is 236 g/mol. The van der Waals surface area contributed by atoms with Crippen LogP contribution in [0.15, 0.2) is 30.5 Å². The highest BCUT2D eigenvalue weighted by Crippen LogP contribution is 2.29. The highest BCUT2D eigenvalue weighted by molar-refractivity contribution is 5.90. The fraction of sp³-hybridized carbons (Fsp3) is 0.250. The lowest BCUT2D eigenvalue weighted by Crippen LogP contribution is -2.26. The van der Waals surface area contributed by atoms with E-state index in [1.807, 2.05) is 0 Å². The van der Waals surface area contributed by atoms with E-state index >= 15 is 0 Å². The number of anilines is 1. The second-order valence-corrected chi connectivity index (χ2v) is 3.43. The zero-order chi connectivity index (χ0) is 12.8. The molecule has 1 aromatic rings. The van der Waals surface area contributed by atoms with Crippen molar-refractivity contribution in [3.63, 3.8) is 0 Å². The number of carbonyl (C=O) groups excluding carboxylic acids is 1. The molecule has 0 spiro atoms. The number of nitrogens with one attached hydrogen (secondary N) is 2. The van der Waals surface area contributed by atoms with Gasteiger partial charge in [-0.05, 0) is 19.1 Å². The van der Waals surface area contributed by atoms with Crippen LogP contribution in [-0.4, -0.2) is 20.3 Å². The van der Waals surface area contributed by atoms with Crippen molar-refractivity contribution in [1.82, 2.24) is 5.32 Å². The first kappa shape index (κ1) is 12.9. The van der Waals surface area contributed by atoms with E-state index in [0.29, 0.717) is 22.9 Å². The van der Waals surface area contributed by atoms with Crippen LogP contribution in [0.4, 0.5) is 10.5 Å². The molecule has 17 heavy (non-hydrogen) atoms. The van der Waals surface area contributed by atoms with Gasteiger partial charge < -0.3 is 20.1 Å². The third-order valence-electron chi connectivity index (χ3n) is 1.97. The molecule has 5 heteroatoms. The van der Waals surface area contributed by atoms with Gasteiger partial charge in [-0.2, -0.15) is 0 Å². The van der Waals surface area contributed by atoms with Gasteiger partial charge in [0.1, 0.15) is 0 Å². The van der Waals surface area contributed by atoms with Crippen molar-refractivity contribution >= 4 is 11.7 Å². The highest BCUT2D eigenvalue weighted by Gasteiger charge is 2.06. The van der Waals surface area contributed by atoms with Crippen LogP contribution in [0.5, 0.6) is 11.5 Å². The Morgan fingerprint density at radius 3 is 2.41 bits per heavy atom. The Morgan fingerprint density at radius 2 is 1.88 bits per heavy atom. The molecule has 2 N–H and O–H groups in total. The lowest BCUT2D eigenvalue weighted by atomic mass is 10.3. The van der Waals surface area contributed by atoms with E-state index in [1.165, 1.54) is 7.11 Å². The van der Waals surface area contributed by atoms with Crippen LogP contribution in [-0.2, 0) is 0 Å². The molecule has 0 aliphatic carbocycles. The molecule has 92 valence electrons. The first-order chi connectivity index (χ1) is 8.06. The quantitative estimate of drug-likeness (QED) is 0.843. The van der Waals surface area contributed by atoms with E-state index in [1.54, 1.807) is 32.2 Å². The van der Waals surface area contributed by atoms with Crippen molar-refractivity contribution in [2.75, 3.05) is 19.5 Å². The molecular weight excluding hydrogens is 220 g/mol. The van der Waals surface area contributed by atoms with E-state index in [4.69, 9.17) is 9.47 Å². The maximum atomic E-state index is 11.4. The first-order valence-electron chi connectivity index (χ1n) is 5.02. The van der Waals surface area contributed by atoms with Crippen LogP contribution in [0.3, 0.4) is 0 Å². The smallest absolute Gasteiger partial charge is 0.323 e. The summed E-state index contributed by atoms with van der Waals surface area (Å²) in [5, 5.41) is 5.19. The van der Waals surface area contributed by atoms with E-state index in [9.17, 15) is 4.79 Å². The van der Waals surface area contributed by atoms with E-state index < -0.39 is 0 Å². The topological polar surface area (TPSA) is 59.6 Å². The van der Waals surface area contributed by atoms with Crippen molar-refractivity contribution in [3.8, 4) is 11.5 Å². The molecule has 0 radical (unpaired) electrons. The summed E-state index contributed by atoms with van der Waals surface area (Å²) in [6.07, 6.45) is 0. The van der Waals surface area contributed by atoms with Gasteiger partial charge in [-0.15, -0.1) is 0 Å². The summed E-state index contributed by atoms with van der Waals surface area (Å²) in [7, 11) is 3.09. The lowest BCUT2D eigenvalue weighted by molar-refractivity contribution is 0.254. The molecule has 0 saturated heterocycles. The van der Waals surface area contributed by atoms with E-state index in [0.717, 1.165) is 0 Å². The average molecular weight is 236 g/mol. The average Bonchev–Trinajstić information content (AvgIpc) is 2.27. The minimum absolute atomic E-state index is 0.343. The maximum Gasteiger partial charge on any atom is 0.323 e. The zero-order valence-electron chi connectivity index (χ0n) is 10.2. The zero-order valence-corrected chi connectivity index (χ0v) is 10.2. The molecule has 0 bridgehead atoms. The molecule has 5 nitrogen and oxygen atoms in total. The van der Waals surface area contributed by atoms with Crippen LogP contribution in [0, 0.1) is 0 Å². The number of rotatable bonds is 4. The van der Waals surface area contributed by atoms with E-state index in [2.05, 4.69) is 17.2 Å². The second-order valence-electron chi connectivity index (χ2n) is 3.43. The van der Waals surface area contributed by atoms with Crippen LogP contribution in [0.2, 0.25) is 0 Å². The van der Waals surface area contributed by atoms with Crippen LogP contribution >= 0.6 is 0 Å². The van der Waals surface area contributed by atoms with Crippen molar-refractivity contribution in [1.29, 1.82) is 0 Å². The van der Waals surface area contributed by atoms with Gasteiger partial charge in [0.25, 0.3) is 0 Å². The van der Waals surface area contributed by atoms with Gasteiger partial charge in [-0.1, -0.05) is 6.58 Å². The van der Waals surface area contributed by atoms with Crippen molar-refractivity contribution in [2.24, 2.45) is 0 Å². The number of hydrogen-bond donors (Lipinski definition) is 2. The maximum absolute atomic E-state index is 11.4. The standard InChI is InChI=1S/C12H16N2O3/c1-8(2)13-12(15)14-9-5-6-10(16-3)11(7-9)17-4/h5-7H,1H2,2-4H3,(H2,13,14,15). The Balaban J connectivity index is 2.79. The molecule has 0 aliphatic heterocycles. The molecule has 1 aromatic carbocycles. The summed E-state index contributed by atoms with van der Waals surface area (Å²) in [5.74, 6) is 1.17. The van der Waals surface area contributed by atoms with E-state index in [-0.39, 0.29) is 6.03 Å². The molecule has 0 aliphatic rings. The third-order valence-corrected chi connectivity index (χ3v) is 1.97. The number of ether oxygens (including phenoxy) is 2. The Morgan fingerprint density at radius 1 is 1.24 bits per heavy atom. The van der Waals surface area contributed by atoms with Gasteiger partial charge in [0.15, 0.2) is 11.5 Å². The number of methoxy groups -OCH3 is 2. The fourth-order valence-electron chi connectivity index (χ4n) is 1.27. The van der Waals surface area contributed by atoms with Gasteiger partial charge in [0.2, 0.25) is 0 Å². The number of allylic oxidation sites excluding steroid dienone is 1. The summed E-state index contributed by atoms with van der Waals surface area (Å²) in [5.41, 5.74) is 1.18. The summed E-state index contributed by atoms with van der Waals surface area (Å²) in [4.78, 5) is 11.4. The van der Waals surface area contributed by atoms with Gasteiger partial charge in [0.05, 0.1) is 14.2 Å². The second kappa shape index (κ2) is 5.79. The predicted molar refractivity (Wildman–Crippen MR) is 66.5 cm³/mol. The summed E-state index contributed by atoms with van der Waals surface area (Å²) >= 11 is 0. The molecule has 0 atom stereocenters.